The summed E-state index contributed by atoms with van der Waals surface area (Å²) in [5.41, 5.74) is 5.80. The molecule has 7 heteroatoms. The number of anilines is 3. The molecule has 114 valence electrons. The Labute approximate surface area is 129 Å². The quantitative estimate of drug-likeness (QED) is 0.854. The normalized spacial score (nSPS) is 12.2. The smallest absolute Gasteiger partial charge is 0.231 e. The molecule has 0 radical (unpaired) electrons. The third-order valence-corrected chi connectivity index (χ3v) is 4.40. The van der Waals surface area contributed by atoms with Crippen LogP contribution in [0, 0.1) is 6.92 Å². The molecule has 2 aromatic rings. The van der Waals surface area contributed by atoms with Crippen molar-refractivity contribution in [3.8, 4) is 0 Å². The number of nitrogens with one attached hydrogen (secondary N) is 1. The average molecular weight is 306 g/mol. The summed E-state index contributed by atoms with van der Waals surface area (Å²) in [6.45, 7) is 9.97. The first kappa shape index (κ1) is 15.5. The molecule has 1 unspecified atom stereocenters. The van der Waals surface area contributed by atoms with Crippen molar-refractivity contribution in [1.29, 1.82) is 0 Å². The first-order valence-corrected chi connectivity index (χ1v) is 7.94. The number of aromatic nitrogens is 3. The van der Waals surface area contributed by atoms with E-state index in [9.17, 15) is 0 Å². The van der Waals surface area contributed by atoms with Gasteiger partial charge in [0.15, 0.2) is 0 Å². The lowest BCUT2D eigenvalue weighted by molar-refractivity contribution is 0.805. The number of nitrogens with two attached hydrogens (primary N) is 1. The molecule has 0 aromatic carbocycles. The third kappa shape index (κ3) is 3.81. The fourth-order valence-electron chi connectivity index (χ4n) is 2.04. The minimum absolute atomic E-state index is 0.134. The zero-order valence-electron chi connectivity index (χ0n) is 12.9. The molecule has 0 amide bonds. The first-order valence-electron chi connectivity index (χ1n) is 7.12. The summed E-state index contributed by atoms with van der Waals surface area (Å²) in [5, 5.41) is 3.30. The topological polar surface area (TPSA) is 80.0 Å². The second-order valence-corrected chi connectivity index (χ2v) is 6.12. The minimum Gasteiger partial charge on any atom is -0.368 e. The van der Waals surface area contributed by atoms with Gasteiger partial charge in [-0.25, -0.2) is 0 Å². The van der Waals surface area contributed by atoms with E-state index in [-0.39, 0.29) is 12.0 Å². The Morgan fingerprint density at radius 3 is 2.52 bits per heavy atom. The highest BCUT2D eigenvalue weighted by Crippen LogP contribution is 2.25. The predicted molar refractivity (Wildman–Crippen MR) is 88.9 cm³/mol. The molecule has 2 heterocycles. The van der Waals surface area contributed by atoms with E-state index in [0.717, 1.165) is 13.1 Å². The monoisotopic (exact) mass is 306 g/mol. The van der Waals surface area contributed by atoms with Crippen molar-refractivity contribution < 1.29 is 0 Å². The molecule has 2 rings (SSSR count). The van der Waals surface area contributed by atoms with Crippen LogP contribution >= 0.6 is 11.3 Å². The molecule has 0 aliphatic rings. The van der Waals surface area contributed by atoms with Crippen LogP contribution in [0.15, 0.2) is 12.1 Å². The molecule has 0 saturated heterocycles. The molecule has 3 N–H and O–H groups in total. The Morgan fingerprint density at radius 2 is 1.95 bits per heavy atom. The van der Waals surface area contributed by atoms with Gasteiger partial charge in [-0.3, -0.25) is 0 Å². The number of thiophene rings is 1. The van der Waals surface area contributed by atoms with Gasteiger partial charge in [0.25, 0.3) is 0 Å². The highest BCUT2D eigenvalue weighted by atomic mass is 32.1. The molecular weight excluding hydrogens is 284 g/mol. The molecule has 6 nitrogen and oxygen atoms in total. The van der Waals surface area contributed by atoms with Gasteiger partial charge in [-0.1, -0.05) is 0 Å². The van der Waals surface area contributed by atoms with Crippen LogP contribution < -0.4 is 16.0 Å². The summed E-state index contributed by atoms with van der Waals surface area (Å²) in [4.78, 5) is 17.4. The van der Waals surface area contributed by atoms with E-state index in [1.54, 1.807) is 11.3 Å². The average Bonchev–Trinajstić information content (AvgIpc) is 2.86. The summed E-state index contributed by atoms with van der Waals surface area (Å²) in [7, 11) is 0. The van der Waals surface area contributed by atoms with Crippen molar-refractivity contribution in [3.63, 3.8) is 0 Å². The van der Waals surface area contributed by atoms with Gasteiger partial charge in [0.1, 0.15) is 0 Å². The SMILES string of the molecule is CCN(CC)c1nc(N)nc(NC(C)c2ccc(C)s2)n1. The zero-order chi connectivity index (χ0) is 15.4. The highest BCUT2D eigenvalue weighted by molar-refractivity contribution is 7.12. The maximum atomic E-state index is 5.80. The summed E-state index contributed by atoms with van der Waals surface area (Å²) in [6.07, 6.45) is 0. The Morgan fingerprint density at radius 1 is 1.24 bits per heavy atom. The van der Waals surface area contributed by atoms with Gasteiger partial charge >= 0.3 is 0 Å². The number of nitrogen functional groups attached to an aromatic ring is 1. The third-order valence-electron chi connectivity index (χ3n) is 3.22. The van der Waals surface area contributed by atoms with E-state index in [1.165, 1.54) is 9.75 Å². The van der Waals surface area contributed by atoms with Gasteiger partial charge in [-0.2, -0.15) is 15.0 Å². The van der Waals surface area contributed by atoms with Crippen LogP contribution in [0.4, 0.5) is 17.8 Å². The molecular formula is C14H22N6S. The molecule has 21 heavy (non-hydrogen) atoms. The molecule has 0 spiro atoms. The fourth-order valence-corrected chi connectivity index (χ4v) is 2.92. The van der Waals surface area contributed by atoms with E-state index in [4.69, 9.17) is 5.73 Å². The van der Waals surface area contributed by atoms with Gasteiger partial charge in [-0.15, -0.1) is 11.3 Å². The predicted octanol–water partition coefficient (Wildman–Crippen LogP) is 2.84. The van der Waals surface area contributed by atoms with E-state index >= 15 is 0 Å². The fraction of sp³-hybridized carbons (Fsp3) is 0.500. The molecule has 1 atom stereocenters. The van der Waals surface area contributed by atoms with Gasteiger partial charge < -0.3 is 16.0 Å². The van der Waals surface area contributed by atoms with Crippen molar-refractivity contribution in [3.05, 3.63) is 21.9 Å². The first-order chi connectivity index (χ1) is 10.0. The van der Waals surface area contributed by atoms with Crippen LogP contribution in [-0.4, -0.2) is 28.0 Å². The molecule has 0 aliphatic heterocycles. The van der Waals surface area contributed by atoms with E-state index in [0.29, 0.717) is 11.9 Å². The van der Waals surface area contributed by atoms with Gasteiger partial charge in [0.2, 0.25) is 17.8 Å². The van der Waals surface area contributed by atoms with Crippen molar-refractivity contribution in [2.45, 2.75) is 33.7 Å². The van der Waals surface area contributed by atoms with Crippen LogP contribution in [0.5, 0.6) is 0 Å². The van der Waals surface area contributed by atoms with Crippen LogP contribution in [0.2, 0.25) is 0 Å². The lowest BCUT2D eigenvalue weighted by atomic mass is 10.3. The number of hydrogen-bond acceptors (Lipinski definition) is 7. The van der Waals surface area contributed by atoms with Gasteiger partial charge in [-0.05, 0) is 39.8 Å². The van der Waals surface area contributed by atoms with Crippen molar-refractivity contribution in [1.82, 2.24) is 15.0 Å². The minimum atomic E-state index is 0.134. The van der Waals surface area contributed by atoms with Gasteiger partial charge in [0.05, 0.1) is 6.04 Å². The Kier molecular flexibility index (Phi) is 4.95. The lowest BCUT2D eigenvalue weighted by Gasteiger charge is -2.20. The number of aryl methyl sites for hydroxylation is 1. The van der Waals surface area contributed by atoms with Gasteiger partial charge in [0, 0.05) is 22.8 Å². The maximum absolute atomic E-state index is 5.80. The summed E-state index contributed by atoms with van der Waals surface area (Å²) < 4.78 is 0. The summed E-state index contributed by atoms with van der Waals surface area (Å²) in [5.74, 6) is 1.37. The lowest BCUT2D eigenvalue weighted by Crippen LogP contribution is -2.25. The van der Waals surface area contributed by atoms with Crippen molar-refractivity contribution >= 4 is 29.2 Å². The van der Waals surface area contributed by atoms with Crippen molar-refractivity contribution in [2.75, 3.05) is 29.0 Å². The highest BCUT2D eigenvalue weighted by Gasteiger charge is 2.13. The molecule has 0 saturated carbocycles. The molecule has 0 aliphatic carbocycles. The number of rotatable bonds is 6. The van der Waals surface area contributed by atoms with Crippen LogP contribution in [-0.2, 0) is 0 Å². The van der Waals surface area contributed by atoms with E-state index in [2.05, 4.69) is 60.1 Å². The second-order valence-electron chi connectivity index (χ2n) is 4.80. The van der Waals surface area contributed by atoms with E-state index in [1.807, 2.05) is 4.90 Å². The number of hydrogen-bond donors (Lipinski definition) is 2. The van der Waals surface area contributed by atoms with Crippen LogP contribution in [0.3, 0.4) is 0 Å². The summed E-state index contributed by atoms with van der Waals surface area (Å²) in [6, 6.07) is 4.37. The number of nitrogens with zero attached hydrogens (tertiary/aromatic N) is 4. The molecule has 0 bridgehead atoms. The summed E-state index contributed by atoms with van der Waals surface area (Å²) >= 11 is 1.76. The van der Waals surface area contributed by atoms with Crippen molar-refractivity contribution in [2.24, 2.45) is 0 Å². The Hall–Kier alpha value is -1.89. The Bertz CT molecular complexity index is 593. The largest absolute Gasteiger partial charge is 0.368 e. The zero-order valence-corrected chi connectivity index (χ0v) is 13.7. The van der Waals surface area contributed by atoms with E-state index < -0.39 is 0 Å². The molecule has 2 aromatic heterocycles. The standard InChI is InChI=1S/C14H22N6S/c1-5-20(6-2)14-18-12(15)17-13(19-14)16-10(4)11-8-7-9(3)21-11/h7-8,10H,5-6H2,1-4H3,(H3,15,16,17,18,19). The Balaban J connectivity index is 2.19. The second kappa shape index (κ2) is 6.71. The van der Waals surface area contributed by atoms with Crippen LogP contribution in [0.1, 0.15) is 36.6 Å². The van der Waals surface area contributed by atoms with Crippen LogP contribution in [0.25, 0.3) is 0 Å². The molecule has 0 fully saturated rings. The maximum Gasteiger partial charge on any atom is 0.231 e.